The summed E-state index contributed by atoms with van der Waals surface area (Å²) >= 11 is 0. The van der Waals surface area contributed by atoms with Gasteiger partial charge in [0, 0.05) is 27.7 Å². The van der Waals surface area contributed by atoms with Crippen molar-refractivity contribution in [3.63, 3.8) is 0 Å². The third kappa shape index (κ3) is 2.20. The molecule has 0 radical (unpaired) electrons. The number of para-hydroxylation sites is 1. The second-order valence-corrected chi connectivity index (χ2v) is 9.18. The van der Waals surface area contributed by atoms with E-state index in [-0.39, 0.29) is 0 Å². The van der Waals surface area contributed by atoms with Crippen molar-refractivity contribution in [3.05, 3.63) is 84.6 Å². The standard InChI is InChI=1S/C29H22N2/c1-17(2)13-21-14-20-11-12-30-28-23-15-18-7-3-4-8-19(18)16-25(23)31-24-10-6-5-9-22(24)26(21)29(31)27(20)28/h3-12,14-17H,13H2,1-2H3. The average molecular weight is 399 g/mol. The summed E-state index contributed by atoms with van der Waals surface area (Å²) in [6.45, 7) is 4.61. The van der Waals surface area contributed by atoms with Crippen LogP contribution in [0, 0.1) is 5.92 Å². The summed E-state index contributed by atoms with van der Waals surface area (Å²) in [5.74, 6) is 0.600. The van der Waals surface area contributed by atoms with Gasteiger partial charge in [0.05, 0.1) is 22.1 Å². The average Bonchev–Trinajstić information content (AvgIpc) is 3.13. The van der Waals surface area contributed by atoms with E-state index >= 15 is 0 Å². The summed E-state index contributed by atoms with van der Waals surface area (Å²) < 4.78 is 2.49. The SMILES string of the molecule is CC(C)Cc1cc2ccnc3c4cc5ccccc5cc4n4c5ccccc5c1c4c23. The molecule has 148 valence electrons. The molecule has 0 aliphatic carbocycles. The lowest BCUT2D eigenvalue weighted by molar-refractivity contribution is 0.651. The first-order chi connectivity index (χ1) is 15.2. The molecule has 7 aromatic rings. The number of hydrogen-bond acceptors (Lipinski definition) is 1. The van der Waals surface area contributed by atoms with Gasteiger partial charge in [0.15, 0.2) is 0 Å². The summed E-state index contributed by atoms with van der Waals surface area (Å²) in [6, 6.07) is 26.7. The number of benzene rings is 4. The summed E-state index contributed by atoms with van der Waals surface area (Å²) in [7, 11) is 0. The van der Waals surface area contributed by atoms with Crippen LogP contribution in [0.4, 0.5) is 0 Å². The van der Waals surface area contributed by atoms with Crippen LogP contribution in [0.15, 0.2) is 79.0 Å². The van der Waals surface area contributed by atoms with Crippen molar-refractivity contribution in [1.82, 2.24) is 9.38 Å². The largest absolute Gasteiger partial charge is 0.308 e. The lowest BCUT2D eigenvalue weighted by Crippen LogP contribution is -1.98. The summed E-state index contributed by atoms with van der Waals surface area (Å²) in [4.78, 5) is 4.92. The van der Waals surface area contributed by atoms with E-state index in [0.717, 1.165) is 11.9 Å². The van der Waals surface area contributed by atoms with E-state index < -0.39 is 0 Å². The molecule has 0 amide bonds. The van der Waals surface area contributed by atoms with Crippen molar-refractivity contribution in [1.29, 1.82) is 0 Å². The molecule has 0 N–H and O–H groups in total. The molecule has 3 aromatic heterocycles. The van der Waals surface area contributed by atoms with Gasteiger partial charge in [-0.25, -0.2) is 0 Å². The van der Waals surface area contributed by atoms with E-state index in [1.54, 1.807) is 0 Å². The molecule has 0 bridgehead atoms. The molecule has 0 aliphatic rings. The molecule has 7 rings (SSSR count). The number of aromatic nitrogens is 2. The van der Waals surface area contributed by atoms with Crippen molar-refractivity contribution < 1.29 is 0 Å². The molecule has 0 fully saturated rings. The van der Waals surface area contributed by atoms with Crippen LogP contribution in [0.3, 0.4) is 0 Å². The Bertz CT molecular complexity index is 1790. The van der Waals surface area contributed by atoms with E-state index in [2.05, 4.69) is 91.0 Å². The van der Waals surface area contributed by atoms with Crippen molar-refractivity contribution in [2.75, 3.05) is 0 Å². The third-order valence-corrected chi connectivity index (χ3v) is 6.73. The van der Waals surface area contributed by atoms with Gasteiger partial charge < -0.3 is 4.40 Å². The van der Waals surface area contributed by atoms with Crippen LogP contribution in [0.2, 0.25) is 0 Å². The van der Waals surface area contributed by atoms with E-state index in [1.807, 2.05) is 6.20 Å². The topological polar surface area (TPSA) is 17.3 Å². The molecular weight excluding hydrogens is 376 g/mol. The fourth-order valence-electron chi connectivity index (χ4n) is 5.57. The van der Waals surface area contributed by atoms with Crippen LogP contribution in [-0.2, 0) is 6.42 Å². The van der Waals surface area contributed by atoms with Crippen molar-refractivity contribution in [2.45, 2.75) is 20.3 Å². The highest BCUT2D eigenvalue weighted by atomic mass is 14.9. The first kappa shape index (κ1) is 17.1. The predicted octanol–water partition coefficient (Wildman–Crippen LogP) is 7.74. The highest BCUT2D eigenvalue weighted by molar-refractivity contribution is 6.29. The Balaban J connectivity index is 1.86. The lowest BCUT2D eigenvalue weighted by atomic mass is 9.93. The van der Waals surface area contributed by atoms with E-state index in [0.29, 0.717) is 5.92 Å². The first-order valence-electron chi connectivity index (χ1n) is 11.1. The van der Waals surface area contributed by atoms with Gasteiger partial charge in [0.1, 0.15) is 0 Å². The Hall–Kier alpha value is -3.65. The normalized spacial score (nSPS) is 12.6. The number of fused-ring (bicyclic) bond motifs is 7. The highest BCUT2D eigenvalue weighted by Gasteiger charge is 2.21. The molecule has 2 nitrogen and oxygen atoms in total. The summed E-state index contributed by atoms with van der Waals surface area (Å²) in [6.07, 6.45) is 3.04. The fourth-order valence-corrected chi connectivity index (χ4v) is 5.57. The Labute approximate surface area is 180 Å². The second kappa shape index (κ2) is 5.95. The maximum absolute atomic E-state index is 4.92. The minimum absolute atomic E-state index is 0.600. The summed E-state index contributed by atoms with van der Waals surface area (Å²) in [5, 5.41) is 9.04. The molecule has 2 heteroatoms. The van der Waals surface area contributed by atoms with Crippen molar-refractivity contribution in [2.24, 2.45) is 5.92 Å². The quantitative estimate of drug-likeness (QED) is 0.215. The second-order valence-electron chi connectivity index (χ2n) is 9.18. The molecule has 31 heavy (non-hydrogen) atoms. The number of rotatable bonds is 2. The number of nitrogens with zero attached hydrogens (tertiary/aromatic N) is 2. The zero-order valence-corrected chi connectivity index (χ0v) is 17.7. The Morgan fingerprint density at radius 2 is 1.52 bits per heavy atom. The van der Waals surface area contributed by atoms with Crippen LogP contribution in [0.5, 0.6) is 0 Å². The predicted molar refractivity (Wildman–Crippen MR) is 132 cm³/mol. The molecule has 0 atom stereocenters. The van der Waals surface area contributed by atoms with Gasteiger partial charge in [0.25, 0.3) is 0 Å². The molecule has 0 unspecified atom stereocenters. The van der Waals surface area contributed by atoms with Crippen LogP contribution < -0.4 is 0 Å². The molecule has 4 aromatic carbocycles. The van der Waals surface area contributed by atoms with Gasteiger partial charge in [-0.05, 0) is 58.3 Å². The van der Waals surface area contributed by atoms with Gasteiger partial charge in [-0.15, -0.1) is 0 Å². The maximum atomic E-state index is 4.92. The first-order valence-corrected chi connectivity index (χ1v) is 11.1. The molecule has 0 aliphatic heterocycles. The van der Waals surface area contributed by atoms with Crippen molar-refractivity contribution in [3.8, 4) is 0 Å². The molecule has 0 saturated heterocycles. The Morgan fingerprint density at radius 1 is 0.742 bits per heavy atom. The van der Waals surface area contributed by atoms with Gasteiger partial charge >= 0.3 is 0 Å². The third-order valence-electron chi connectivity index (χ3n) is 6.73. The van der Waals surface area contributed by atoms with Crippen molar-refractivity contribution >= 4 is 59.8 Å². The van der Waals surface area contributed by atoms with E-state index in [9.17, 15) is 0 Å². The van der Waals surface area contributed by atoms with Gasteiger partial charge in [0.2, 0.25) is 0 Å². The van der Waals surface area contributed by atoms with E-state index in [1.165, 1.54) is 59.8 Å². The Morgan fingerprint density at radius 3 is 2.35 bits per heavy atom. The molecule has 3 heterocycles. The molecule has 0 saturated carbocycles. The van der Waals surface area contributed by atoms with Crippen LogP contribution in [0.25, 0.3) is 59.8 Å². The fraction of sp³-hybridized carbons (Fsp3) is 0.138. The van der Waals surface area contributed by atoms with Gasteiger partial charge in [-0.2, -0.15) is 0 Å². The van der Waals surface area contributed by atoms with Gasteiger partial charge in [-0.1, -0.05) is 62.4 Å². The number of hydrogen-bond donors (Lipinski definition) is 0. The van der Waals surface area contributed by atoms with E-state index in [4.69, 9.17) is 4.98 Å². The zero-order chi connectivity index (χ0) is 20.7. The number of pyridine rings is 2. The minimum Gasteiger partial charge on any atom is -0.308 e. The monoisotopic (exact) mass is 398 g/mol. The summed E-state index contributed by atoms with van der Waals surface area (Å²) in [5.41, 5.74) is 6.38. The lowest BCUT2D eigenvalue weighted by Gasteiger charge is -2.15. The van der Waals surface area contributed by atoms with Gasteiger partial charge in [-0.3, -0.25) is 4.98 Å². The highest BCUT2D eigenvalue weighted by Crippen LogP contribution is 2.43. The van der Waals surface area contributed by atoms with Crippen LogP contribution in [-0.4, -0.2) is 9.38 Å². The zero-order valence-electron chi connectivity index (χ0n) is 17.7. The smallest absolute Gasteiger partial charge is 0.0822 e. The minimum atomic E-state index is 0.600. The maximum Gasteiger partial charge on any atom is 0.0822 e. The molecular formula is C29H22N2. The molecule has 0 spiro atoms. The Kier molecular flexibility index (Phi) is 3.28. The van der Waals surface area contributed by atoms with Crippen LogP contribution >= 0.6 is 0 Å². The van der Waals surface area contributed by atoms with Crippen LogP contribution in [0.1, 0.15) is 19.4 Å².